The number of rotatable bonds is 14. The monoisotopic (exact) mass is 1050 g/mol. The van der Waals surface area contributed by atoms with Crippen LogP contribution in [0.5, 0.6) is 0 Å². The van der Waals surface area contributed by atoms with E-state index in [9.17, 15) is 22.0 Å². The number of pyridine rings is 2. The lowest BCUT2D eigenvalue weighted by atomic mass is 10.1. The summed E-state index contributed by atoms with van der Waals surface area (Å²) >= 11 is 6.39. The summed E-state index contributed by atoms with van der Waals surface area (Å²) in [5.41, 5.74) is 10.1. The second-order valence-corrected chi connectivity index (χ2v) is 18.4. The van der Waals surface area contributed by atoms with Gasteiger partial charge in [-0.25, -0.2) is 29.6 Å². The van der Waals surface area contributed by atoms with Gasteiger partial charge < -0.3 is 39.7 Å². The van der Waals surface area contributed by atoms with Gasteiger partial charge >= 0.3 is 6.18 Å². The summed E-state index contributed by atoms with van der Waals surface area (Å²) in [5.74, 6) is -0.250. The molecule has 4 aliphatic rings. The van der Waals surface area contributed by atoms with Crippen LogP contribution in [0.25, 0.3) is 0 Å². The molecule has 394 valence electrons. The van der Waals surface area contributed by atoms with Crippen molar-refractivity contribution in [1.29, 1.82) is 0 Å². The van der Waals surface area contributed by atoms with Crippen LogP contribution in [0.15, 0.2) is 95.7 Å². The predicted octanol–water partition coefficient (Wildman–Crippen LogP) is 9.73. The van der Waals surface area contributed by atoms with Crippen LogP contribution in [0.2, 0.25) is 5.02 Å². The molecule has 0 atom stereocenters. The molecule has 0 radical (unpaired) electrons. The van der Waals surface area contributed by atoms with Gasteiger partial charge in [-0.2, -0.15) is 33.3 Å². The number of nitrogens with zero attached hydrogens (tertiary/aromatic N) is 12. The molecule has 4 aliphatic heterocycles. The molecular weight excluding hydrogens is 999 g/mol. The Morgan fingerprint density at radius 2 is 0.960 bits per heavy atom. The highest BCUT2D eigenvalue weighted by Gasteiger charge is 2.32. The topological polar surface area (TPSA) is 182 Å². The predicted molar refractivity (Wildman–Crippen MR) is 283 cm³/mol. The molecule has 0 amide bonds. The minimum atomic E-state index is -4.45. The first-order valence-electron chi connectivity index (χ1n) is 24.8. The van der Waals surface area contributed by atoms with Crippen molar-refractivity contribution in [2.24, 2.45) is 10.2 Å². The number of hydrogen-bond donors (Lipinski definition) is 4. The van der Waals surface area contributed by atoms with Crippen molar-refractivity contribution in [2.75, 3.05) is 120 Å². The normalized spacial score (nSPS) is 16.5. The third-order valence-corrected chi connectivity index (χ3v) is 12.7. The van der Waals surface area contributed by atoms with E-state index in [-0.39, 0.29) is 23.5 Å². The van der Waals surface area contributed by atoms with Crippen LogP contribution in [0, 0.1) is 11.6 Å². The van der Waals surface area contributed by atoms with Gasteiger partial charge in [-0.15, -0.1) is 0 Å². The van der Waals surface area contributed by atoms with Crippen LogP contribution < -0.4 is 41.1 Å². The van der Waals surface area contributed by atoms with Gasteiger partial charge in [-0.3, -0.25) is 9.97 Å². The summed E-state index contributed by atoms with van der Waals surface area (Å²) in [6, 6.07) is 17.2. The van der Waals surface area contributed by atoms with Gasteiger partial charge in [0.25, 0.3) is 0 Å². The van der Waals surface area contributed by atoms with Crippen LogP contribution in [0.1, 0.15) is 55.5 Å². The highest BCUT2D eigenvalue weighted by molar-refractivity contribution is 6.31. The molecular formula is C51H56ClF5N16O2. The molecule has 4 N–H and O–H groups in total. The maximum absolute atomic E-state index is 14.2. The summed E-state index contributed by atoms with van der Waals surface area (Å²) in [6.45, 7) is 7.87. The number of morpholine rings is 2. The summed E-state index contributed by atoms with van der Waals surface area (Å²) in [4.78, 5) is 33.0. The minimum Gasteiger partial charge on any atom is -0.378 e. The van der Waals surface area contributed by atoms with E-state index < -0.39 is 23.4 Å². The Morgan fingerprint density at radius 1 is 0.507 bits per heavy atom. The van der Waals surface area contributed by atoms with Crippen LogP contribution in [0.3, 0.4) is 0 Å². The van der Waals surface area contributed by atoms with Crippen LogP contribution >= 0.6 is 11.6 Å². The number of piperidine rings is 2. The molecule has 4 fully saturated rings. The van der Waals surface area contributed by atoms with Gasteiger partial charge in [0.05, 0.1) is 92.0 Å². The molecule has 6 aromatic rings. The fourth-order valence-corrected chi connectivity index (χ4v) is 8.97. The largest absolute Gasteiger partial charge is 0.416 e. The molecule has 18 nitrogen and oxygen atoms in total. The summed E-state index contributed by atoms with van der Waals surface area (Å²) in [5, 5.41) is 15.3. The van der Waals surface area contributed by atoms with E-state index in [0.29, 0.717) is 86.1 Å². The highest BCUT2D eigenvalue weighted by Crippen LogP contribution is 2.36. The summed E-state index contributed by atoms with van der Waals surface area (Å²) < 4.78 is 79.7. The quantitative estimate of drug-likeness (QED) is 0.0459. The molecule has 8 heterocycles. The average molecular weight is 1060 g/mol. The molecule has 0 unspecified atom stereocenters. The van der Waals surface area contributed by atoms with Crippen molar-refractivity contribution in [3.05, 3.63) is 119 Å². The Balaban J connectivity index is 0.000000184. The zero-order valence-electron chi connectivity index (χ0n) is 40.9. The van der Waals surface area contributed by atoms with Crippen molar-refractivity contribution in [3.8, 4) is 0 Å². The van der Waals surface area contributed by atoms with E-state index in [1.54, 1.807) is 35.5 Å². The molecule has 4 saturated heterocycles. The number of alkyl halides is 3. The average Bonchev–Trinajstić information content (AvgIpc) is 3.43. The molecule has 0 bridgehead atoms. The lowest BCUT2D eigenvalue weighted by molar-refractivity contribution is -0.137. The van der Waals surface area contributed by atoms with Gasteiger partial charge in [0.15, 0.2) is 23.3 Å². The molecule has 4 aromatic heterocycles. The van der Waals surface area contributed by atoms with Gasteiger partial charge in [-0.1, -0.05) is 11.6 Å². The fourth-order valence-electron chi connectivity index (χ4n) is 8.74. The Morgan fingerprint density at radius 3 is 1.40 bits per heavy atom. The number of nitrogens with one attached hydrogen (secondary N) is 4. The summed E-state index contributed by atoms with van der Waals surface area (Å²) in [6.07, 6.45) is 10.7. The van der Waals surface area contributed by atoms with E-state index in [1.165, 1.54) is 37.7 Å². The SMILES string of the molecule is Fc1cnc(N/N=C\c2ccc(Nc3cc(Cl)cc(N4CCCCC4)c3)cn2)nc1N1CCOCC1.Fc1cnc(N/N=C\c2ccc(Nc3cc(N4CCCCC4)cc(C(F)(F)F)c3)cn2)nc1N1CCOCC1. The molecule has 0 aliphatic carbocycles. The molecule has 2 aromatic carbocycles. The van der Waals surface area contributed by atoms with Crippen molar-refractivity contribution < 1.29 is 31.4 Å². The molecule has 0 spiro atoms. The standard InChI is InChI=1S/C26H28F4N8O.C25H28ClFN8O/c27-23-17-32-25(35-24(23)38-8-10-39-11-9-38)36-33-16-19-4-5-20(15-31-19)34-21-12-18(26(28,29)30)13-22(14-21)37-6-2-1-3-7-37;26-18-12-21(14-22(13-18)34-6-2-1-3-7-34)31-20-5-4-19(28-15-20)16-30-33-25-29-17-23(27)24(32-25)35-8-10-36-11-9-35/h4-5,12-17,34H,1-3,6-11H2,(H,32,35,36);4-5,12-17,31H,1-3,6-11H2,(H,29,32,33)/b33-16-;30-16-. The zero-order valence-corrected chi connectivity index (χ0v) is 41.7. The van der Waals surface area contributed by atoms with Gasteiger partial charge in [0.1, 0.15) is 0 Å². The second kappa shape index (κ2) is 25.2. The van der Waals surface area contributed by atoms with E-state index in [1.807, 2.05) is 34.1 Å². The number of benzene rings is 2. The number of hydrogen-bond acceptors (Lipinski definition) is 18. The minimum absolute atomic E-state index is 0.126. The maximum Gasteiger partial charge on any atom is 0.416 e. The number of ether oxygens (including phenoxy) is 2. The van der Waals surface area contributed by atoms with E-state index in [4.69, 9.17) is 21.1 Å². The maximum atomic E-state index is 14.2. The van der Waals surface area contributed by atoms with Crippen LogP contribution in [0.4, 0.5) is 79.6 Å². The lowest BCUT2D eigenvalue weighted by Crippen LogP contribution is -2.37. The van der Waals surface area contributed by atoms with E-state index in [0.717, 1.165) is 81.0 Å². The van der Waals surface area contributed by atoms with Gasteiger partial charge in [-0.05, 0) is 99.2 Å². The Kier molecular flexibility index (Phi) is 17.6. The Labute approximate surface area is 435 Å². The smallest absolute Gasteiger partial charge is 0.378 e. The Hall–Kier alpha value is -7.50. The van der Waals surface area contributed by atoms with Crippen molar-refractivity contribution in [2.45, 2.75) is 44.7 Å². The molecule has 0 saturated carbocycles. The molecule has 75 heavy (non-hydrogen) atoms. The second-order valence-electron chi connectivity index (χ2n) is 17.9. The van der Waals surface area contributed by atoms with Crippen LogP contribution in [-0.2, 0) is 15.7 Å². The molecule has 10 rings (SSSR count). The van der Waals surface area contributed by atoms with Crippen molar-refractivity contribution >= 4 is 81.7 Å². The fraction of sp³-hybridized carbons (Fsp3) is 0.373. The number of hydrazone groups is 2. The number of anilines is 10. The number of halogens is 6. The van der Waals surface area contributed by atoms with Gasteiger partial charge in [0, 0.05) is 80.1 Å². The zero-order chi connectivity index (χ0) is 52.0. The van der Waals surface area contributed by atoms with Crippen molar-refractivity contribution in [3.63, 3.8) is 0 Å². The first kappa shape index (κ1) is 52.4. The Bertz CT molecular complexity index is 2880. The lowest BCUT2D eigenvalue weighted by Gasteiger charge is -2.30. The summed E-state index contributed by atoms with van der Waals surface area (Å²) in [7, 11) is 0. The third kappa shape index (κ3) is 14.8. The van der Waals surface area contributed by atoms with Crippen molar-refractivity contribution in [1.82, 2.24) is 29.9 Å². The van der Waals surface area contributed by atoms with E-state index in [2.05, 4.69) is 72.6 Å². The first-order chi connectivity index (χ1) is 36.5. The van der Waals surface area contributed by atoms with E-state index >= 15 is 0 Å². The van der Waals surface area contributed by atoms with Gasteiger partial charge in [0.2, 0.25) is 11.9 Å². The molecule has 24 heteroatoms. The first-order valence-corrected chi connectivity index (χ1v) is 25.1. The highest BCUT2D eigenvalue weighted by atomic mass is 35.5. The number of aromatic nitrogens is 6. The third-order valence-electron chi connectivity index (χ3n) is 12.5. The van der Waals surface area contributed by atoms with Crippen LogP contribution in [-0.4, -0.2) is 121 Å².